The van der Waals surface area contributed by atoms with Gasteiger partial charge in [-0.3, -0.25) is 0 Å². The first-order valence-corrected chi connectivity index (χ1v) is 7.55. The van der Waals surface area contributed by atoms with E-state index in [9.17, 15) is 4.39 Å². The first-order chi connectivity index (χ1) is 8.81. The molecule has 0 spiro atoms. The summed E-state index contributed by atoms with van der Waals surface area (Å²) in [5, 5.41) is 0. The Kier molecular flexibility index (Phi) is 4.21. The summed E-state index contributed by atoms with van der Waals surface area (Å²) < 4.78 is 16.1. The number of nitrogens with zero attached hydrogens (tertiary/aromatic N) is 2. The van der Waals surface area contributed by atoms with Gasteiger partial charge in [0.1, 0.15) is 11.6 Å². The van der Waals surface area contributed by atoms with E-state index >= 15 is 0 Å². The predicted molar refractivity (Wildman–Crippen MR) is 81.0 cm³/mol. The smallest absolute Gasteiger partial charge is 0.139 e. The van der Waals surface area contributed by atoms with Crippen molar-refractivity contribution < 1.29 is 4.39 Å². The number of hydrogen-bond donors (Lipinski definition) is 0. The maximum Gasteiger partial charge on any atom is 0.139 e. The van der Waals surface area contributed by atoms with Gasteiger partial charge in [-0.15, -0.1) is 11.6 Å². The summed E-state index contributed by atoms with van der Waals surface area (Å²) in [7, 11) is 0. The number of rotatable bonds is 3. The van der Waals surface area contributed by atoms with Crippen LogP contribution in [0, 0.1) is 11.2 Å². The zero-order valence-electron chi connectivity index (χ0n) is 11.3. The largest absolute Gasteiger partial charge is 0.327 e. The molecular formula is C14H17BrClFN2. The average molecular weight is 348 g/mol. The highest BCUT2D eigenvalue weighted by Crippen LogP contribution is 2.27. The van der Waals surface area contributed by atoms with Crippen LogP contribution in [0.4, 0.5) is 4.39 Å². The molecule has 0 aliphatic rings. The van der Waals surface area contributed by atoms with Crippen molar-refractivity contribution in [3.8, 4) is 0 Å². The van der Waals surface area contributed by atoms with Crippen LogP contribution in [0.3, 0.4) is 0 Å². The Hall–Kier alpha value is -0.610. The van der Waals surface area contributed by atoms with Crippen LogP contribution in [0.1, 0.15) is 33.0 Å². The quantitative estimate of drug-likeness (QED) is 0.705. The van der Waals surface area contributed by atoms with Crippen LogP contribution in [0.25, 0.3) is 11.0 Å². The Bertz CT molecular complexity index is 601. The first kappa shape index (κ1) is 14.8. The number of alkyl halides is 1. The van der Waals surface area contributed by atoms with Crippen molar-refractivity contribution in [1.82, 2.24) is 9.55 Å². The van der Waals surface area contributed by atoms with Crippen molar-refractivity contribution in [2.75, 3.05) is 0 Å². The molecule has 1 aromatic carbocycles. The molecule has 0 unspecified atom stereocenters. The SMILES string of the molecule is CC(C)(C)CCn1c(CCl)nc2cc(F)c(Br)cc21. The van der Waals surface area contributed by atoms with Crippen molar-refractivity contribution in [3.05, 3.63) is 28.2 Å². The van der Waals surface area contributed by atoms with Gasteiger partial charge in [0.15, 0.2) is 0 Å². The summed E-state index contributed by atoms with van der Waals surface area (Å²) in [6.45, 7) is 7.42. The maximum atomic E-state index is 13.5. The Morgan fingerprint density at radius 3 is 2.63 bits per heavy atom. The second kappa shape index (κ2) is 5.41. The predicted octanol–water partition coefficient (Wildman–Crippen LogP) is 5.11. The summed E-state index contributed by atoms with van der Waals surface area (Å²) in [6.07, 6.45) is 1.01. The molecule has 0 N–H and O–H groups in total. The minimum atomic E-state index is -0.297. The number of aryl methyl sites for hydroxylation is 1. The number of aromatic nitrogens is 2. The molecule has 0 aliphatic carbocycles. The Morgan fingerprint density at radius 2 is 2.05 bits per heavy atom. The van der Waals surface area contributed by atoms with Gasteiger partial charge in [-0.2, -0.15) is 0 Å². The molecule has 2 aromatic rings. The number of hydrogen-bond acceptors (Lipinski definition) is 1. The fourth-order valence-corrected chi connectivity index (χ4v) is 2.50. The molecule has 104 valence electrons. The van der Waals surface area contributed by atoms with Gasteiger partial charge in [0, 0.05) is 12.6 Å². The topological polar surface area (TPSA) is 17.8 Å². The van der Waals surface area contributed by atoms with Gasteiger partial charge in [-0.1, -0.05) is 20.8 Å². The standard InChI is InChI=1S/C14H17BrClFN2/c1-14(2,3)4-5-19-12-6-9(15)10(17)7-11(12)18-13(19)8-16/h6-7H,4-5,8H2,1-3H3. The van der Waals surface area contributed by atoms with Crippen LogP contribution < -0.4 is 0 Å². The van der Waals surface area contributed by atoms with Crippen LogP contribution in [0.15, 0.2) is 16.6 Å². The molecule has 5 heteroatoms. The lowest BCUT2D eigenvalue weighted by atomic mass is 9.92. The molecule has 0 atom stereocenters. The van der Waals surface area contributed by atoms with E-state index in [4.69, 9.17) is 11.6 Å². The molecule has 0 saturated heterocycles. The second-order valence-electron chi connectivity index (χ2n) is 5.88. The average Bonchev–Trinajstić information content (AvgIpc) is 2.63. The fourth-order valence-electron chi connectivity index (χ4n) is 1.97. The highest BCUT2D eigenvalue weighted by atomic mass is 79.9. The summed E-state index contributed by atoms with van der Waals surface area (Å²) in [4.78, 5) is 4.40. The van der Waals surface area contributed by atoms with Crippen LogP contribution in [0.5, 0.6) is 0 Å². The van der Waals surface area contributed by atoms with Gasteiger partial charge in [0.05, 0.1) is 21.4 Å². The number of imidazole rings is 1. The summed E-state index contributed by atoms with van der Waals surface area (Å²) in [5.74, 6) is 0.824. The van der Waals surface area contributed by atoms with E-state index in [0.29, 0.717) is 15.9 Å². The number of benzene rings is 1. The molecule has 0 radical (unpaired) electrons. The van der Waals surface area contributed by atoms with Crippen molar-refractivity contribution in [3.63, 3.8) is 0 Å². The first-order valence-electron chi connectivity index (χ1n) is 6.22. The lowest BCUT2D eigenvalue weighted by Crippen LogP contribution is -2.12. The summed E-state index contributed by atoms with van der Waals surface area (Å²) in [5.41, 5.74) is 1.82. The summed E-state index contributed by atoms with van der Waals surface area (Å²) >= 11 is 9.17. The molecule has 0 amide bonds. The van der Waals surface area contributed by atoms with Crippen LogP contribution in [-0.4, -0.2) is 9.55 Å². The van der Waals surface area contributed by atoms with Gasteiger partial charge in [0.2, 0.25) is 0 Å². The van der Waals surface area contributed by atoms with Crippen molar-refractivity contribution in [1.29, 1.82) is 0 Å². The van der Waals surface area contributed by atoms with Gasteiger partial charge in [0.25, 0.3) is 0 Å². The zero-order chi connectivity index (χ0) is 14.2. The van der Waals surface area contributed by atoms with Crippen LogP contribution in [-0.2, 0) is 12.4 Å². The third-order valence-electron chi connectivity index (χ3n) is 3.07. The molecule has 0 aliphatic heterocycles. The van der Waals surface area contributed by atoms with Gasteiger partial charge in [-0.05, 0) is 33.8 Å². The van der Waals surface area contributed by atoms with Crippen molar-refractivity contribution >= 4 is 38.6 Å². The normalized spacial score (nSPS) is 12.3. The highest BCUT2D eigenvalue weighted by molar-refractivity contribution is 9.10. The molecule has 0 saturated carbocycles. The van der Waals surface area contributed by atoms with Crippen molar-refractivity contribution in [2.45, 2.75) is 39.6 Å². The second-order valence-corrected chi connectivity index (χ2v) is 7.00. The van der Waals surface area contributed by atoms with E-state index in [1.165, 1.54) is 6.07 Å². The van der Waals surface area contributed by atoms with E-state index in [0.717, 1.165) is 24.3 Å². The lowest BCUT2D eigenvalue weighted by molar-refractivity contribution is 0.351. The third kappa shape index (κ3) is 3.29. The van der Waals surface area contributed by atoms with E-state index in [2.05, 4.69) is 46.3 Å². The lowest BCUT2D eigenvalue weighted by Gasteiger charge is -2.19. The minimum absolute atomic E-state index is 0.234. The van der Waals surface area contributed by atoms with E-state index in [1.54, 1.807) is 6.07 Å². The van der Waals surface area contributed by atoms with E-state index in [-0.39, 0.29) is 11.2 Å². The Morgan fingerprint density at radius 1 is 1.37 bits per heavy atom. The minimum Gasteiger partial charge on any atom is -0.327 e. The molecule has 2 rings (SSSR count). The molecule has 0 fully saturated rings. The van der Waals surface area contributed by atoms with Crippen LogP contribution in [0.2, 0.25) is 0 Å². The molecular weight excluding hydrogens is 331 g/mol. The number of fused-ring (bicyclic) bond motifs is 1. The van der Waals surface area contributed by atoms with Crippen LogP contribution >= 0.6 is 27.5 Å². The molecule has 1 heterocycles. The molecule has 1 aromatic heterocycles. The Balaban J connectivity index is 2.48. The van der Waals surface area contributed by atoms with Gasteiger partial charge < -0.3 is 4.57 Å². The monoisotopic (exact) mass is 346 g/mol. The van der Waals surface area contributed by atoms with E-state index in [1.807, 2.05) is 0 Å². The molecule has 19 heavy (non-hydrogen) atoms. The van der Waals surface area contributed by atoms with Gasteiger partial charge >= 0.3 is 0 Å². The summed E-state index contributed by atoms with van der Waals surface area (Å²) in [6, 6.07) is 3.22. The molecule has 0 bridgehead atoms. The van der Waals surface area contributed by atoms with Crippen molar-refractivity contribution in [2.24, 2.45) is 5.41 Å². The highest BCUT2D eigenvalue weighted by Gasteiger charge is 2.16. The van der Waals surface area contributed by atoms with E-state index < -0.39 is 0 Å². The zero-order valence-corrected chi connectivity index (χ0v) is 13.6. The van der Waals surface area contributed by atoms with Gasteiger partial charge in [-0.25, -0.2) is 9.37 Å². The Labute approximate surface area is 126 Å². The maximum absolute atomic E-state index is 13.5. The number of halogens is 3. The fraction of sp³-hybridized carbons (Fsp3) is 0.500. The molecule has 2 nitrogen and oxygen atoms in total. The third-order valence-corrected chi connectivity index (χ3v) is 3.92.